The zero-order chi connectivity index (χ0) is 23.9. The minimum atomic E-state index is -3.72. The fourth-order valence-electron chi connectivity index (χ4n) is 3.70. The molecule has 13 heteroatoms. The van der Waals surface area contributed by atoms with Gasteiger partial charge in [-0.05, 0) is 25.1 Å². The topological polar surface area (TPSA) is 138 Å². The van der Waals surface area contributed by atoms with Gasteiger partial charge in [0.05, 0.1) is 24.4 Å². The highest BCUT2D eigenvalue weighted by Gasteiger charge is 2.27. The largest absolute Gasteiger partial charge is 0.379 e. The van der Waals surface area contributed by atoms with Crippen LogP contribution in [0.1, 0.15) is 13.0 Å². The van der Waals surface area contributed by atoms with Crippen LogP contribution in [0.25, 0.3) is 11.2 Å². The van der Waals surface area contributed by atoms with Crippen LogP contribution >= 0.6 is 0 Å². The molecule has 0 radical (unpaired) electrons. The van der Waals surface area contributed by atoms with Gasteiger partial charge in [-0.25, -0.2) is 18.2 Å². The lowest BCUT2D eigenvalue weighted by Gasteiger charge is -2.26. The summed E-state index contributed by atoms with van der Waals surface area (Å²) in [5, 5.41) is 2.70. The molecule has 1 amide bonds. The maximum absolute atomic E-state index is 13.0. The second kappa shape index (κ2) is 8.57. The molecule has 0 aliphatic carbocycles. The zero-order valence-electron chi connectivity index (χ0n) is 18.4. The molecule has 3 heterocycles. The number of fused-ring (bicyclic) bond motifs is 1. The summed E-state index contributed by atoms with van der Waals surface area (Å²) in [5.41, 5.74) is -0.504. The third-order valence-corrected chi connectivity index (χ3v) is 7.57. The van der Waals surface area contributed by atoms with Gasteiger partial charge < -0.3 is 14.6 Å². The van der Waals surface area contributed by atoms with Gasteiger partial charge in [-0.1, -0.05) is 6.07 Å². The Morgan fingerprint density at radius 3 is 2.55 bits per heavy atom. The molecule has 1 fully saturated rings. The number of carbonyl (C=O) groups excluding carboxylic acids is 1. The van der Waals surface area contributed by atoms with Crippen molar-refractivity contribution in [2.75, 3.05) is 31.6 Å². The average Bonchev–Trinajstić information content (AvgIpc) is 3.27. The minimum absolute atomic E-state index is 0.0619. The van der Waals surface area contributed by atoms with Crippen molar-refractivity contribution in [2.24, 2.45) is 14.1 Å². The molecule has 1 saturated heterocycles. The molecule has 0 bridgehead atoms. The predicted molar refractivity (Wildman–Crippen MR) is 120 cm³/mol. The van der Waals surface area contributed by atoms with Crippen molar-refractivity contribution in [2.45, 2.75) is 17.9 Å². The molecule has 4 rings (SSSR count). The first-order chi connectivity index (χ1) is 15.6. The van der Waals surface area contributed by atoms with E-state index >= 15 is 0 Å². The summed E-state index contributed by atoms with van der Waals surface area (Å²) in [4.78, 5) is 41.9. The van der Waals surface area contributed by atoms with E-state index in [-0.39, 0.29) is 29.1 Å². The third-order valence-electron chi connectivity index (χ3n) is 5.68. The van der Waals surface area contributed by atoms with E-state index < -0.39 is 33.2 Å². The number of nitrogens with zero attached hydrogens (tertiary/aromatic N) is 5. The monoisotopic (exact) mass is 476 g/mol. The molecule has 12 nitrogen and oxygen atoms in total. The lowest BCUT2D eigenvalue weighted by Crippen LogP contribution is -2.40. The molecule has 2 aromatic heterocycles. The van der Waals surface area contributed by atoms with E-state index in [1.807, 2.05) is 0 Å². The Hall–Kier alpha value is -3.29. The summed E-state index contributed by atoms with van der Waals surface area (Å²) in [5.74, 6) is -0.480. The van der Waals surface area contributed by atoms with E-state index in [0.717, 1.165) is 4.57 Å². The molecule has 1 atom stereocenters. The number of ether oxygens (including phenoxy) is 1. The smallest absolute Gasteiger partial charge is 0.332 e. The first-order valence-corrected chi connectivity index (χ1v) is 11.7. The third kappa shape index (κ3) is 3.98. The molecule has 3 aromatic rings. The summed E-state index contributed by atoms with van der Waals surface area (Å²) >= 11 is 0. The number of morpholine rings is 1. The van der Waals surface area contributed by atoms with E-state index in [1.54, 1.807) is 19.1 Å². The molecule has 1 N–H and O–H groups in total. The van der Waals surface area contributed by atoms with Gasteiger partial charge in [0.1, 0.15) is 6.04 Å². The van der Waals surface area contributed by atoms with E-state index in [4.69, 9.17) is 4.74 Å². The van der Waals surface area contributed by atoms with Crippen LogP contribution in [0.15, 0.2) is 45.1 Å². The first-order valence-electron chi connectivity index (χ1n) is 10.2. The van der Waals surface area contributed by atoms with Crippen LogP contribution in [0.4, 0.5) is 5.69 Å². The highest BCUT2D eigenvalue weighted by Crippen LogP contribution is 2.22. The number of rotatable bonds is 5. The summed E-state index contributed by atoms with van der Waals surface area (Å²) in [6.45, 7) is 2.77. The number of hydrogen-bond acceptors (Lipinski definition) is 7. The van der Waals surface area contributed by atoms with Gasteiger partial charge in [0.2, 0.25) is 15.9 Å². The second-order valence-corrected chi connectivity index (χ2v) is 9.68. The summed E-state index contributed by atoms with van der Waals surface area (Å²) < 4.78 is 35.9. The maximum Gasteiger partial charge on any atom is 0.332 e. The van der Waals surface area contributed by atoms with E-state index in [0.29, 0.717) is 18.9 Å². The predicted octanol–water partition coefficient (Wildman–Crippen LogP) is -0.346. The van der Waals surface area contributed by atoms with Crippen LogP contribution in [-0.2, 0) is 33.7 Å². The first kappa shape index (κ1) is 22.9. The molecular formula is C20H24N6O6S. The molecule has 176 valence electrons. The van der Waals surface area contributed by atoms with Gasteiger partial charge in [-0.15, -0.1) is 0 Å². The van der Waals surface area contributed by atoms with Crippen molar-refractivity contribution < 1.29 is 17.9 Å². The van der Waals surface area contributed by atoms with Crippen molar-refractivity contribution in [1.82, 2.24) is 23.0 Å². The van der Waals surface area contributed by atoms with Crippen molar-refractivity contribution >= 4 is 32.8 Å². The number of imidazole rings is 1. The SMILES string of the molecule is C[C@@H](C(=O)Nc1cccc(S(=O)(=O)N2CCOCC2)c1)n1cnc2c1c(=O)n(C)c(=O)n2C. The number of carbonyl (C=O) groups is 1. The van der Waals surface area contributed by atoms with Gasteiger partial charge >= 0.3 is 5.69 Å². The Labute approximate surface area is 189 Å². The number of benzene rings is 1. The average molecular weight is 477 g/mol. The molecule has 33 heavy (non-hydrogen) atoms. The number of nitrogens with one attached hydrogen (secondary N) is 1. The van der Waals surface area contributed by atoms with Crippen LogP contribution in [0.3, 0.4) is 0 Å². The Morgan fingerprint density at radius 1 is 1.15 bits per heavy atom. The molecule has 1 aliphatic rings. The Bertz CT molecular complexity index is 1450. The quantitative estimate of drug-likeness (QED) is 0.531. The van der Waals surface area contributed by atoms with E-state index in [9.17, 15) is 22.8 Å². The molecule has 1 aromatic carbocycles. The molecule has 1 aliphatic heterocycles. The lowest BCUT2D eigenvalue weighted by atomic mass is 10.2. The summed E-state index contributed by atoms with van der Waals surface area (Å²) in [7, 11) is -0.875. The summed E-state index contributed by atoms with van der Waals surface area (Å²) in [6, 6.07) is 5.13. The van der Waals surface area contributed by atoms with Crippen molar-refractivity contribution in [3.05, 3.63) is 51.4 Å². The maximum atomic E-state index is 13.0. The lowest BCUT2D eigenvalue weighted by molar-refractivity contribution is -0.118. The van der Waals surface area contributed by atoms with E-state index in [1.165, 1.54) is 46.0 Å². The number of sulfonamides is 1. The fraction of sp³-hybridized carbons (Fsp3) is 0.400. The molecule has 0 unspecified atom stereocenters. The van der Waals surface area contributed by atoms with Gasteiger partial charge in [0.15, 0.2) is 11.2 Å². The number of amides is 1. The Kier molecular flexibility index (Phi) is 5.95. The number of aromatic nitrogens is 4. The van der Waals surface area contributed by atoms with Gasteiger partial charge in [-0.2, -0.15) is 4.31 Å². The molecular weight excluding hydrogens is 452 g/mol. The number of aryl methyl sites for hydroxylation is 1. The van der Waals surface area contributed by atoms with Crippen molar-refractivity contribution in [3.63, 3.8) is 0 Å². The van der Waals surface area contributed by atoms with Gasteiger partial charge in [0.25, 0.3) is 5.56 Å². The summed E-state index contributed by atoms with van der Waals surface area (Å²) in [6.07, 6.45) is 1.33. The second-order valence-electron chi connectivity index (χ2n) is 7.74. The number of anilines is 1. The highest BCUT2D eigenvalue weighted by molar-refractivity contribution is 7.89. The van der Waals surface area contributed by atoms with Crippen LogP contribution in [-0.4, -0.2) is 63.6 Å². The minimum Gasteiger partial charge on any atom is -0.379 e. The van der Waals surface area contributed by atoms with Crippen LogP contribution < -0.4 is 16.6 Å². The van der Waals surface area contributed by atoms with Crippen LogP contribution in [0.5, 0.6) is 0 Å². The van der Waals surface area contributed by atoms with Crippen LogP contribution in [0, 0.1) is 0 Å². The normalized spacial score (nSPS) is 16.1. The zero-order valence-corrected chi connectivity index (χ0v) is 19.2. The van der Waals surface area contributed by atoms with E-state index in [2.05, 4.69) is 10.3 Å². The highest BCUT2D eigenvalue weighted by atomic mass is 32.2. The number of hydrogen-bond donors (Lipinski definition) is 1. The molecule has 0 spiro atoms. The van der Waals surface area contributed by atoms with Crippen LogP contribution in [0.2, 0.25) is 0 Å². The van der Waals surface area contributed by atoms with Crippen molar-refractivity contribution in [3.8, 4) is 0 Å². The molecule has 0 saturated carbocycles. The van der Waals surface area contributed by atoms with Gasteiger partial charge in [-0.3, -0.25) is 18.7 Å². The fourth-order valence-corrected chi connectivity index (χ4v) is 5.16. The Balaban J connectivity index is 1.61. The standard InChI is InChI=1S/C20H24N6O6S/c1-13(26-12-21-17-16(26)19(28)24(3)20(29)23(17)2)18(27)22-14-5-4-6-15(11-14)33(30,31)25-7-9-32-10-8-25/h4-6,11-13H,7-10H2,1-3H3,(H,22,27)/t13-/m0/s1. The Morgan fingerprint density at radius 2 is 1.85 bits per heavy atom. The van der Waals surface area contributed by atoms with Crippen molar-refractivity contribution in [1.29, 1.82) is 0 Å². The van der Waals surface area contributed by atoms with Gasteiger partial charge in [0, 0.05) is 32.9 Å².